The number of hydrogen-bond donors (Lipinski definition) is 3. The monoisotopic (exact) mass is 453 g/mol. The van der Waals surface area contributed by atoms with Crippen molar-refractivity contribution in [2.45, 2.75) is 39.2 Å². The van der Waals surface area contributed by atoms with Crippen LogP contribution in [0.5, 0.6) is 5.75 Å². The summed E-state index contributed by atoms with van der Waals surface area (Å²) in [6.45, 7) is 6.42. The molecule has 0 saturated carbocycles. The van der Waals surface area contributed by atoms with Gasteiger partial charge in [-0.2, -0.15) is 0 Å². The first kappa shape index (κ1) is 24.0. The number of aromatic nitrogens is 1. The average Bonchev–Trinajstić information content (AvgIpc) is 2.78. The van der Waals surface area contributed by atoms with Gasteiger partial charge in [0.05, 0.1) is 12.7 Å². The van der Waals surface area contributed by atoms with Gasteiger partial charge in [-0.25, -0.2) is 9.78 Å². The second-order valence-electron chi connectivity index (χ2n) is 8.93. The highest BCUT2D eigenvalue weighted by Gasteiger charge is 2.30. The number of hydrogen-bond acceptors (Lipinski definition) is 8. The van der Waals surface area contributed by atoms with E-state index in [9.17, 15) is 4.79 Å². The maximum Gasteiger partial charge on any atom is 0.410 e. The maximum absolute atomic E-state index is 12.2. The molecule has 0 unspecified atom stereocenters. The molecule has 1 fully saturated rings. The lowest BCUT2D eigenvalue weighted by Gasteiger charge is -2.33. The summed E-state index contributed by atoms with van der Waals surface area (Å²) >= 11 is 0. The van der Waals surface area contributed by atoms with Gasteiger partial charge in [-0.3, -0.25) is 10.8 Å². The number of nitrogens with two attached hydrogens (primary N) is 1. The van der Waals surface area contributed by atoms with E-state index in [4.69, 9.17) is 30.8 Å². The van der Waals surface area contributed by atoms with Gasteiger partial charge < -0.3 is 24.8 Å². The van der Waals surface area contributed by atoms with Crippen LogP contribution in [0, 0.1) is 16.7 Å². The number of carbonyl (C=O) groups is 1. The minimum absolute atomic E-state index is 0.0185. The number of likely N-dealkylation sites (tertiary alicyclic amines) is 1. The molecule has 0 bridgehead atoms. The summed E-state index contributed by atoms with van der Waals surface area (Å²) in [5.74, 6) is 0.412. The number of benzene rings is 1. The summed E-state index contributed by atoms with van der Waals surface area (Å²) in [5, 5.41) is 16.7. The van der Waals surface area contributed by atoms with Crippen molar-refractivity contribution in [3.8, 4) is 16.9 Å². The van der Waals surface area contributed by atoms with Crippen molar-refractivity contribution in [2.24, 2.45) is 5.92 Å². The molecule has 1 amide bonds. The largest absolute Gasteiger partial charge is 0.497 e. The number of carbonyl (C=O) groups excluding carboxylic acids is 1. The number of amides is 1. The van der Waals surface area contributed by atoms with Crippen molar-refractivity contribution < 1.29 is 19.0 Å². The van der Waals surface area contributed by atoms with Crippen LogP contribution in [-0.2, 0) is 9.47 Å². The smallest absolute Gasteiger partial charge is 0.410 e. The fraction of sp³-hybridized carbons (Fsp3) is 0.417. The molecule has 1 aliphatic rings. The molecule has 1 aromatic carbocycles. The molecule has 176 valence electrons. The zero-order chi connectivity index (χ0) is 24.2. The summed E-state index contributed by atoms with van der Waals surface area (Å²) in [5.41, 5.74) is 7.37. The summed E-state index contributed by atoms with van der Waals surface area (Å²) < 4.78 is 16.2. The Hall–Kier alpha value is -3.62. The molecule has 9 heteroatoms. The second kappa shape index (κ2) is 9.89. The Balaban J connectivity index is 1.63. The van der Waals surface area contributed by atoms with Crippen LogP contribution in [0.4, 0.5) is 10.6 Å². The zero-order valence-corrected chi connectivity index (χ0v) is 19.5. The van der Waals surface area contributed by atoms with E-state index < -0.39 is 5.60 Å². The zero-order valence-electron chi connectivity index (χ0n) is 19.5. The van der Waals surface area contributed by atoms with Crippen molar-refractivity contribution in [2.75, 3.05) is 25.9 Å². The van der Waals surface area contributed by atoms with Gasteiger partial charge in [-0.1, -0.05) is 12.1 Å². The number of nitrogens with one attached hydrogen (secondary N) is 2. The molecule has 0 radical (unpaired) electrons. The van der Waals surface area contributed by atoms with E-state index >= 15 is 0 Å². The Morgan fingerprint density at radius 1 is 1.15 bits per heavy atom. The number of pyridine rings is 1. The number of nitrogens with zero attached hydrogens (tertiary/aromatic N) is 2. The molecule has 4 N–H and O–H groups in total. The van der Waals surface area contributed by atoms with Crippen LogP contribution < -0.4 is 10.5 Å². The molecule has 9 nitrogen and oxygen atoms in total. The molecule has 1 saturated heterocycles. The number of anilines is 1. The van der Waals surface area contributed by atoms with E-state index in [1.54, 1.807) is 24.3 Å². The van der Waals surface area contributed by atoms with E-state index in [2.05, 4.69) is 4.98 Å². The van der Waals surface area contributed by atoms with Crippen LogP contribution in [-0.4, -0.2) is 53.6 Å². The predicted molar refractivity (Wildman–Crippen MR) is 127 cm³/mol. The van der Waals surface area contributed by atoms with Crippen molar-refractivity contribution in [1.82, 2.24) is 9.88 Å². The lowest BCUT2D eigenvalue weighted by molar-refractivity contribution is 0.0198. The Morgan fingerprint density at radius 2 is 1.85 bits per heavy atom. The molecule has 1 aliphatic heterocycles. The fourth-order valence-electron chi connectivity index (χ4n) is 3.52. The highest BCUT2D eigenvalue weighted by molar-refractivity contribution is 6.03. The van der Waals surface area contributed by atoms with Gasteiger partial charge in [0.25, 0.3) is 0 Å². The standard InChI is InChI=1S/C24H31N5O4/c1-24(2,3)33-23(30)29-10-8-15(9-11-29)21(26)32-22(27)19-13-17(14-28-20(19)25)16-6-5-7-18(12-16)31-4/h5-7,12-15,26-27H,8-11H2,1-4H3,(H2,25,28). The Kier molecular flexibility index (Phi) is 7.20. The SMILES string of the molecule is COc1cccc(-c2cnc(N)c(C(=N)OC(=N)C3CCN(C(=O)OC(C)(C)C)CC3)c2)c1. The fourth-order valence-corrected chi connectivity index (χ4v) is 3.52. The third kappa shape index (κ3) is 6.21. The van der Waals surface area contributed by atoms with Crippen LogP contribution in [0.3, 0.4) is 0 Å². The first-order chi connectivity index (χ1) is 15.6. The van der Waals surface area contributed by atoms with Crippen molar-refractivity contribution >= 4 is 23.7 Å². The first-order valence-electron chi connectivity index (χ1n) is 10.8. The van der Waals surface area contributed by atoms with Gasteiger partial charge in [-0.15, -0.1) is 0 Å². The normalized spacial score (nSPS) is 14.5. The van der Waals surface area contributed by atoms with Gasteiger partial charge >= 0.3 is 6.09 Å². The molecule has 3 rings (SSSR count). The van der Waals surface area contributed by atoms with Gasteiger partial charge in [0.2, 0.25) is 5.90 Å². The van der Waals surface area contributed by atoms with E-state index in [0.29, 0.717) is 37.2 Å². The summed E-state index contributed by atoms with van der Waals surface area (Å²) in [6, 6.07) is 9.20. The third-order valence-electron chi connectivity index (χ3n) is 5.30. The predicted octanol–water partition coefficient (Wildman–Crippen LogP) is 4.31. The molecule has 33 heavy (non-hydrogen) atoms. The molecule has 0 aliphatic carbocycles. The van der Waals surface area contributed by atoms with E-state index in [1.807, 2.05) is 45.0 Å². The van der Waals surface area contributed by atoms with Crippen molar-refractivity contribution in [3.63, 3.8) is 0 Å². The van der Waals surface area contributed by atoms with Gasteiger partial charge in [0.1, 0.15) is 17.2 Å². The number of piperidine rings is 1. The number of ether oxygens (including phenoxy) is 3. The Labute approximate surface area is 193 Å². The van der Waals surface area contributed by atoms with Crippen LogP contribution >= 0.6 is 0 Å². The maximum atomic E-state index is 12.2. The Bertz CT molecular complexity index is 1040. The first-order valence-corrected chi connectivity index (χ1v) is 10.8. The molecule has 1 aromatic heterocycles. The minimum Gasteiger partial charge on any atom is -0.497 e. The van der Waals surface area contributed by atoms with Crippen LogP contribution in [0.15, 0.2) is 36.5 Å². The second-order valence-corrected chi connectivity index (χ2v) is 8.93. The number of nitrogen functional groups attached to an aromatic ring is 1. The van der Waals surface area contributed by atoms with Crippen molar-refractivity contribution in [3.05, 3.63) is 42.1 Å². The van der Waals surface area contributed by atoms with Crippen LogP contribution in [0.2, 0.25) is 0 Å². The quantitative estimate of drug-likeness (QED) is 0.466. The van der Waals surface area contributed by atoms with Crippen molar-refractivity contribution in [1.29, 1.82) is 10.8 Å². The van der Waals surface area contributed by atoms with E-state index in [-0.39, 0.29) is 29.6 Å². The van der Waals surface area contributed by atoms with Gasteiger partial charge in [0, 0.05) is 30.8 Å². The molecular formula is C24H31N5O4. The molecule has 2 heterocycles. The third-order valence-corrected chi connectivity index (χ3v) is 5.30. The summed E-state index contributed by atoms with van der Waals surface area (Å²) in [6.07, 6.45) is 2.39. The van der Waals surface area contributed by atoms with Gasteiger partial charge in [0.15, 0.2) is 5.90 Å². The van der Waals surface area contributed by atoms with E-state index in [1.165, 1.54) is 0 Å². The minimum atomic E-state index is -0.549. The lowest BCUT2D eigenvalue weighted by atomic mass is 9.97. The van der Waals surface area contributed by atoms with Crippen LogP contribution in [0.25, 0.3) is 11.1 Å². The topological polar surface area (TPSA) is 135 Å². The molecule has 0 atom stereocenters. The van der Waals surface area contributed by atoms with Crippen LogP contribution in [0.1, 0.15) is 39.2 Å². The Morgan fingerprint density at radius 3 is 2.48 bits per heavy atom. The highest BCUT2D eigenvalue weighted by Crippen LogP contribution is 2.27. The molecular weight excluding hydrogens is 422 g/mol. The van der Waals surface area contributed by atoms with Gasteiger partial charge in [-0.05, 0) is 57.4 Å². The molecule has 0 spiro atoms. The molecule has 2 aromatic rings. The average molecular weight is 454 g/mol. The summed E-state index contributed by atoms with van der Waals surface area (Å²) in [7, 11) is 1.60. The highest BCUT2D eigenvalue weighted by atomic mass is 16.6. The number of rotatable bonds is 4. The number of methoxy groups -OCH3 is 1. The van der Waals surface area contributed by atoms with E-state index in [0.717, 1.165) is 11.1 Å². The summed E-state index contributed by atoms with van der Waals surface area (Å²) in [4.78, 5) is 18.1. The lowest BCUT2D eigenvalue weighted by Crippen LogP contribution is -2.43.